The maximum atomic E-state index is 11.8. The Morgan fingerprint density at radius 3 is 2.26 bits per heavy atom. The fraction of sp³-hybridized carbons (Fsp3) is 0.533. The van der Waals surface area contributed by atoms with Gasteiger partial charge in [-0.2, -0.15) is 0 Å². The third-order valence-corrected chi connectivity index (χ3v) is 4.19. The lowest BCUT2D eigenvalue weighted by atomic mass is 9.83. The molecule has 4 heteroatoms. The number of para-hydroxylation sites is 1. The van der Waals surface area contributed by atoms with Gasteiger partial charge in [-0.15, -0.1) is 0 Å². The number of carboxylic acid groups (broad SMARTS) is 1. The van der Waals surface area contributed by atoms with Crippen LogP contribution in [-0.4, -0.2) is 16.6 Å². The lowest BCUT2D eigenvalue weighted by molar-refractivity contribution is -0.143. The fourth-order valence-electron chi connectivity index (χ4n) is 2.72. The maximum Gasteiger partial charge on any atom is 0.329 e. The molecule has 0 atom stereocenters. The van der Waals surface area contributed by atoms with E-state index in [2.05, 4.69) is 5.32 Å². The number of aliphatic carboxylic acids is 1. The number of carboxylic acids is 1. The molecule has 0 aromatic heterocycles. The van der Waals surface area contributed by atoms with Crippen molar-refractivity contribution in [2.24, 2.45) is 0 Å². The molecule has 1 saturated carbocycles. The number of hydrogen-bond donors (Lipinski definition) is 2. The molecule has 0 bridgehead atoms. The van der Waals surface area contributed by atoms with Gasteiger partial charge in [0.15, 0.2) is 0 Å². The number of anilines is 1. The zero-order chi connectivity index (χ0) is 13.7. The number of hydrogen-bond acceptors (Lipinski definition) is 2. The normalized spacial score (nSPS) is 19.2. The van der Waals surface area contributed by atoms with Crippen molar-refractivity contribution in [3.8, 4) is 0 Å². The Kier molecular flexibility index (Phi) is 4.70. The average molecular weight is 282 g/mol. The minimum absolute atomic E-state index is 0.574. The molecule has 0 spiro atoms. The van der Waals surface area contributed by atoms with Crippen LogP contribution in [0.25, 0.3) is 0 Å². The van der Waals surface area contributed by atoms with E-state index in [1.165, 1.54) is 6.42 Å². The molecule has 1 aliphatic rings. The number of benzene rings is 1. The molecule has 1 aromatic rings. The van der Waals surface area contributed by atoms with Crippen LogP contribution in [0.4, 0.5) is 5.69 Å². The number of nitrogens with one attached hydrogen (secondary N) is 1. The van der Waals surface area contributed by atoms with Crippen LogP contribution in [0.3, 0.4) is 0 Å². The third-order valence-electron chi connectivity index (χ3n) is 3.86. The summed E-state index contributed by atoms with van der Waals surface area (Å²) in [5.74, 6) is -0.769. The van der Waals surface area contributed by atoms with Gasteiger partial charge in [-0.05, 0) is 25.0 Å². The Morgan fingerprint density at radius 2 is 1.68 bits per heavy atom. The van der Waals surface area contributed by atoms with Gasteiger partial charge >= 0.3 is 5.97 Å². The molecule has 0 aliphatic heterocycles. The number of halogens is 1. The summed E-state index contributed by atoms with van der Waals surface area (Å²) < 4.78 is 0. The second-order valence-corrected chi connectivity index (χ2v) is 5.67. The summed E-state index contributed by atoms with van der Waals surface area (Å²) in [7, 11) is 0. The van der Waals surface area contributed by atoms with E-state index in [-0.39, 0.29) is 0 Å². The summed E-state index contributed by atoms with van der Waals surface area (Å²) in [5, 5.41) is 13.4. The molecular weight excluding hydrogens is 262 g/mol. The smallest absolute Gasteiger partial charge is 0.329 e. The van der Waals surface area contributed by atoms with Gasteiger partial charge in [0, 0.05) is 0 Å². The molecular formula is C15H20ClNO2. The molecule has 2 N–H and O–H groups in total. The van der Waals surface area contributed by atoms with E-state index >= 15 is 0 Å². The molecule has 2 rings (SSSR count). The highest BCUT2D eigenvalue weighted by molar-refractivity contribution is 6.33. The monoisotopic (exact) mass is 281 g/mol. The minimum atomic E-state index is -0.870. The first kappa shape index (κ1) is 14.2. The van der Waals surface area contributed by atoms with Crippen LogP contribution < -0.4 is 5.32 Å². The highest BCUT2D eigenvalue weighted by atomic mass is 35.5. The second kappa shape index (κ2) is 6.29. The SMILES string of the molecule is O=C(O)C1(Nc2ccccc2Cl)CCCCCCC1. The second-order valence-electron chi connectivity index (χ2n) is 5.26. The Hall–Kier alpha value is -1.22. The van der Waals surface area contributed by atoms with Crippen LogP contribution in [0.5, 0.6) is 0 Å². The summed E-state index contributed by atoms with van der Waals surface area (Å²) in [6.07, 6.45) is 6.65. The highest BCUT2D eigenvalue weighted by Crippen LogP contribution is 2.32. The largest absolute Gasteiger partial charge is 0.480 e. The topological polar surface area (TPSA) is 49.3 Å². The van der Waals surface area contributed by atoms with Gasteiger partial charge in [0.05, 0.1) is 10.7 Å². The lowest BCUT2D eigenvalue weighted by Crippen LogP contribution is -2.46. The Labute approximate surface area is 119 Å². The predicted molar refractivity (Wildman–Crippen MR) is 77.8 cm³/mol. The van der Waals surface area contributed by atoms with Gasteiger partial charge in [-0.1, -0.05) is 55.8 Å². The summed E-state index contributed by atoms with van der Waals surface area (Å²) in [4.78, 5) is 11.8. The first-order valence-corrected chi connectivity index (χ1v) is 7.28. The summed E-state index contributed by atoms with van der Waals surface area (Å²) in [5.41, 5.74) is -0.155. The molecule has 0 saturated heterocycles. The van der Waals surface area contributed by atoms with Crippen molar-refractivity contribution >= 4 is 23.3 Å². The van der Waals surface area contributed by atoms with Crippen LogP contribution in [0.1, 0.15) is 44.9 Å². The van der Waals surface area contributed by atoms with Gasteiger partial charge < -0.3 is 10.4 Å². The third kappa shape index (κ3) is 3.41. The van der Waals surface area contributed by atoms with Crippen molar-refractivity contribution in [3.63, 3.8) is 0 Å². The Balaban J connectivity index is 2.23. The molecule has 1 aromatic carbocycles. The van der Waals surface area contributed by atoms with Crippen molar-refractivity contribution in [2.45, 2.75) is 50.5 Å². The molecule has 0 heterocycles. The number of rotatable bonds is 3. The minimum Gasteiger partial charge on any atom is -0.480 e. The zero-order valence-electron chi connectivity index (χ0n) is 11.0. The van der Waals surface area contributed by atoms with Gasteiger partial charge in [0.1, 0.15) is 5.54 Å². The average Bonchev–Trinajstić information content (AvgIpc) is 2.35. The highest BCUT2D eigenvalue weighted by Gasteiger charge is 2.38. The van der Waals surface area contributed by atoms with E-state index in [1.807, 2.05) is 18.2 Å². The lowest BCUT2D eigenvalue weighted by Gasteiger charge is -2.33. The maximum absolute atomic E-state index is 11.8. The van der Waals surface area contributed by atoms with Crippen molar-refractivity contribution in [2.75, 3.05) is 5.32 Å². The van der Waals surface area contributed by atoms with E-state index < -0.39 is 11.5 Å². The Morgan fingerprint density at radius 1 is 1.11 bits per heavy atom. The van der Waals surface area contributed by atoms with Crippen molar-refractivity contribution in [1.29, 1.82) is 0 Å². The van der Waals surface area contributed by atoms with Crippen LogP contribution in [0, 0.1) is 0 Å². The standard InChI is InChI=1S/C15H20ClNO2/c16-12-8-4-5-9-13(12)17-15(14(18)19)10-6-2-1-3-7-11-15/h4-5,8-9,17H,1-3,6-7,10-11H2,(H,18,19). The Bertz CT molecular complexity index is 440. The molecule has 0 unspecified atom stereocenters. The van der Waals surface area contributed by atoms with Crippen molar-refractivity contribution in [1.82, 2.24) is 0 Å². The van der Waals surface area contributed by atoms with Gasteiger partial charge in [0.25, 0.3) is 0 Å². The van der Waals surface area contributed by atoms with E-state index in [1.54, 1.807) is 6.07 Å². The fourth-order valence-corrected chi connectivity index (χ4v) is 2.90. The number of carbonyl (C=O) groups is 1. The van der Waals surface area contributed by atoms with Crippen LogP contribution in [-0.2, 0) is 4.79 Å². The first-order chi connectivity index (χ1) is 9.14. The van der Waals surface area contributed by atoms with Gasteiger partial charge in [-0.25, -0.2) is 4.79 Å². The quantitative estimate of drug-likeness (QED) is 0.867. The first-order valence-electron chi connectivity index (χ1n) is 6.90. The van der Waals surface area contributed by atoms with E-state index in [0.717, 1.165) is 25.7 Å². The van der Waals surface area contributed by atoms with Crippen molar-refractivity contribution in [3.05, 3.63) is 29.3 Å². The van der Waals surface area contributed by atoms with Gasteiger partial charge in [0.2, 0.25) is 0 Å². The summed E-state index contributed by atoms with van der Waals surface area (Å²) >= 11 is 6.13. The van der Waals surface area contributed by atoms with Crippen LogP contribution >= 0.6 is 11.6 Å². The van der Waals surface area contributed by atoms with Gasteiger partial charge in [-0.3, -0.25) is 0 Å². The van der Waals surface area contributed by atoms with E-state index in [0.29, 0.717) is 23.6 Å². The van der Waals surface area contributed by atoms with Crippen LogP contribution in [0.15, 0.2) is 24.3 Å². The van der Waals surface area contributed by atoms with E-state index in [4.69, 9.17) is 11.6 Å². The summed E-state index contributed by atoms with van der Waals surface area (Å²) in [6.45, 7) is 0. The zero-order valence-corrected chi connectivity index (χ0v) is 11.7. The molecule has 1 aliphatic carbocycles. The molecule has 0 amide bonds. The van der Waals surface area contributed by atoms with E-state index in [9.17, 15) is 9.90 Å². The van der Waals surface area contributed by atoms with Crippen molar-refractivity contribution < 1.29 is 9.90 Å². The molecule has 104 valence electrons. The molecule has 19 heavy (non-hydrogen) atoms. The molecule has 0 radical (unpaired) electrons. The molecule has 1 fully saturated rings. The molecule has 3 nitrogen and oxygen atoms in total. The van der Waals surface area contributed by atoms with Crippen LogP contribution in [0.2, 0.25) is 5.02 Å². The predicted octanol–water partition coefficient (Wildman–Crippen LogP) is 4.32. The summed E-state index contributed by atoms with van der Waals surface area (Å²) in [6, 6.07) is 7.33.